The van der Waals surface area contributed by atoms with Crippen molar-refractivity contribution < 1.29 is 4.74 Å². The molecule has 24 heavy (non-hydrogen) atoms. The molecule has 1 atom stereocenters. The van der Waals surface area contributed by atoms with Gasteiger partial charge < -0.3 is 20.4 Å². The molecular formula is C15H19N7OS. The summed E-state index contributed by atoms with van der Waals surface area (Å²) in [6, 6.07) is 5.73. The summed E-state index contributed by atoms with van der Waals surface area (Å²) in [5, 5.41) is 0.757. The number of nitrogens with one attached hydrogen (secondary N) is 1. The molecule has 0 amide bonds. The van der Waals surface area contributed by atoms with E-state index >= 15 is 0 Å². The number of aromatic amines is 1. The van der Waals surface area contributed by atoms with Crippen LogP contribution in [0.15, 0.2) is 23.4 Å². The van der Waals surface area contributed by atoms with E-state index in [1.54, 1.807) is 12.0 Å². The number of hydrogen-bond donors (Lipinski definition) is 2. The van der Waals surface area contributed by atoms with Crippen molar-refractivity contribution in [3.63, 3.8) is 0 Å². The number of nitrogen functional groups attached to an aromatic ring is 1. The highest BCUT2D eigenvalue weighted by Gasteiger charge is 2.16. The molecule has 9 heteroatoms. The Morgan fingerprint density at radius 3 is 2.71 bits per heavy atom. The fraction of sp³-hybridized carbons (Fsp3) is 0.333. The number of benzene rings is 1. The Hall–Kier alpha value is -2.55. The topological polar surface area (TPSA) is 106 Å². The number of thioether (sulfide) groups is 1. The molecule has 0 aliphatic carbocycles. The highest BCUT2D eigenvalue weighted by Crippen LogP contribution is 2.33. The van der Waals surface area contributed by atoms with Crippen molar-refractivity contribution in [2.75, 3.05) is 31.8 Å². The summed E-state index contributed by atoms with van der Waals surface area (Å²) in [6.45, 7) is 2.01. The second kappa shape index (κ2) is 6.52. The van der Waals surface area contributed by atoms with Crippen LogP contribution in [0.4, 0.5) is 11.9 Å². The van der Waals surface area contributed by atoms with Crippen LogP contribution in [0, 0.1) is 0 Å². The fourth-order valence-electron chi connectivity index (χ4n) is 2.15. The smallest absolute Gasteiger partial charge is 0.229 e. The van der Waals surface area contributed by atoms with Crippen LogP contribution in [0.2, 0.25) is 0 Å². The molecule has 1 unspecified atom stereocenters. The quantitative estimate of drug-likeness (QED) is 0.678. The van der Waals surface area contributed by atoms with Crippen LogP contribution < -0.4 is 15.4 Å². The van der Waals surface area contributed by atoms with Crippen LogP contribution >= 0.6 is 11.8 Å². The van der Waals surface area contributed by atoms with Gasteiger partial charge in [-0.3, -0.25) is 0 Å². The summed E-state index contributed by atoms with van der Waals surface area (Å²) in [4.78, 5) is 22.5. The number of hydrogen-bond acceptors (Lipinski definition) is 8. The predicted molar refractivity (Wildman–Crippen MR) is 95.5 cm³/mol. The van der Waals surface area contributed by atoms with Gasteiger partial charge in [0.05, 0.1) is 23.4 Å². The molecule has 0 saturated carbocycles. The Balaban J connectivity index is 1.85. The van der Waals surface area contributed by atoms with E-state index in [0.29, 0.717) is 11.8 Å². The SMILES string of the molecule is COc1ccc2nc(SC(C)c3nc(N)nc(N(C)C)n3)[nH]c2c1. The van der Waals surface area contributed by atoms with E-state index < -0.39 is 0 Å². The third kappa shape index (κ3) is 3.35. The van der Waals surface area contributed by atoms with Gasteiger partial charge in [0.1, 0.15) is 11.6 Å². The molecule has 2 heterocycles. The molecule has 0 saturated heterocycles. The number of anilines is 2. The third-order valence-corrected chi connectivity index (χ3v) is 4.36. The molecule has 2 aromatic heterocycles. The lowest BCUT2D eigenvalue weighted by atomic mass is 10.3. The van der Waals surface area contributed by atoms with Gasteiger partial charge in [0.2, 0.25) is 11.9 Å². The highest BCUT2D eigenvalue weighted by molar-refractivity contribution is 7.99. The minimum atomic E-state index is -0.0311. The number of nitrogens with two attached hydrogens (primary N) is 1. The van der Waals surface area contributed by atoms with Crippen LogP contribution in [0.3, 0.4) is 0 Å². The molecule has 0 fully saturated rings. The molecular weight excluding hydrogens is 326 g/mol. The van der Waals surface area contributed by atoms with E-state index in [4.69, 9.17) is 10.5 Å². The molecule has 0 bridgehead atoms. The van der Waals surface area contributed by atoms with E-state index in [0.717, 1.165) is 21.9 Å². The molecule has 0 radical (unpaired) electrons. The van der Waals surface area contributed by atoms with E-state index in [9.17, 15) is 0 Å². The van der Waals surface area contributed by atoms with Crippen molar-refractivity contribution >= 4 is 34.7 Å². The van der Waals surface area contributed by atoms with Crippen molar-refractivity contribution in [1.82, 2.24) is 24.9 Å². The molecule has 1 aromatic carbocycles. The van der Waals surface area contributed by atoms with Gasteiger partial charge in [0, 0.05) is 20.2 Å². The molecule has 8 nitrogen and oxygen atoms in total. The minimum absolute atomic E-state index is 0.0311. The van der Waals surface area contributed by atoms with E-state index in [2.05, 4.69) is 24.9 Å². The van der Waals surface area contributed by atoms with Crippen molar-refractivity contribution in [3.8, 4) is 5.75 Å². The van der Waals surface area contributed by atoms with Gasteiger partial charge in [-0.15, -0.1) is 0 Å². The molecule has 0 aliphatic heterocycles. The number of rotatable bonds is 5. The Kier molecular flexibility index (Phi) is 4.43. The Morgan fingerprint density at radius 1 is 1.21 bits per heavy atom. The van der Waals surface area contributed by atoms with Gasteiger partial charge in [-0.2, -0.15) is 15.0 Å². The number of aromatic nitrogens is 5. The van der Waals surface area contributed by atoms with Crippen LogP contribution in [0.1, 0.15) is 18.0 Å². The Labute approximate surface area is 143 Å². The summed E-state index contributed by atoms with van der Waals surface area (Å²) in [5.41, 5.74) is 7.59. The van der Waals surface area contributed by atoms with Crippen molar-refractivity contribution in [2.24, 2.45) is 0 Å². The number of H-pyrrole nitrogens is 1. The van der Waals surface area contributed by atoms with Gasteiger partial charge in [-0.25, -0.2) is 4.98 Å². The maximum Gasteiger partial charge on any atom is 0.229 e. The molecule has 3 rings (SSSR count). The Bertz CT molecular complexity index is 864. The zero-order valence-corrected chi connectivity index (χ0v) is 14.8. The number of fused-ring (bicyclic) bond motifs is 1. The van der Waals surface area contributed by atoms with E-state index in [1.165, 1.54) is 11.8 Å². The normalized spacial score (nSPS) is 12.3. The van der Waals surface area contributed by atoms with Crippen LogP contribution in [-0.2, 0) is 0 Å². The van der Waals surface area contributed by atoms with Gasteiger partial charge in [-0.1, -0.05) is 11.8 Å². The minimum Gasteiger partial charge on any atom is -0.497 e. The van der Waals surface area contributed by atoms with Crippen molar-refractivity contribution in [3.05, 3.63) is 24.0 Å². The predicted octanol–water partition coefficient (Wildman–Crippen LogP) is 2.26. The molecule has 0 aliphatic rings. The first-order valence-electron chi connectivity index (χ1n) is 7.35. The second-order valence-corrected chi connectivity index (χ2v) is 6.76. The van der Waals surface area contributed by atoms with Gasteiger partial charge in [0.15, 0.2) is 5.16 Å². The van der Waals surface area contributed by atoms with Crippen LogP contribution in [0.25, 0.3) is 11.0 Å². The maximum atomic E-state index is 5.79. The second-order valence-electron chi connectivity index (χ2n) is 5.43. The highest BCUT2D eigenvalue weighted by atomic mass is 32.2. The lowest BCUT2D eigenvalue weighted by Crippen LogP contribution is -2.16. The van der Waals surface area contributed by atoms with E-state index in [1.807, 2.05) is 39.2 Å². The number of ether oxygens (including phenoxy) is 1. The molecule has 3 aromatic rings. The summed E-state index contributed by atoms with van der Waals surface area (Å²) in [5.74, 6) is 2.16. The average molecular weight is 345 g/mol. The zero-order valence-electron chi connectivity index (χ0n) is 13.9. The van der Waals surface area contributed by atoms with Crippen LogP contribution in [-0.4, -0.2) is 46.1 Å². The van der Waals surface area contributed by atoms with E-state index in [-0.39, 0.29) is 11.2 Å². The van der Waals surface area contributed by atoms with Crippen molar-refractivity contribution in [2.45, 2.75) is 17.3 Å². The first kappa shape index (κ1) is 16.3. The Morgan fingerprint density at radius 2 is 2.00 bits per heavy atom. The summed E-state index contributed by atoms with van der Waals surface area (Å²) >= 11 is 1.53. The first-order chi connectivity index (χ1) is 11.5. The van der Waals surface area contributed by atoms with Gasteiger partial charge >= 0.3 is 0 Å². The lowest BCUT2D eigenvalue weighted by molar-refractivity contribution is 0.415. The largest absolute Gasteiger partial charge is 0.497 e. The number of nitrogens with zero attached hydrogens (tertiary/aromatic N) is 5. The summed E-state index contributed by atoms with van der Waals surface area (Å²) in [7, 11) is 5.37. The number of methoxy groups -OCH3 is 1. The third-order valence-electron chi connectivity index (χ3n) is 3.38. The summed E-state index contributed by atoms with van der Waals surface area (Å²) in [6.07, 6.45) is 0. The average Bonchev–Trinajstić information content (AvgIpc) is 2.95. The fourth-order valence-corrected chi connectivity index (χ4v) is 3.01. The number of imidazole rings is 1. The maximum absolute atomic E-state index is 5.79. The molecule has 0 spiro atoms. The van der Waals surface area contributed by atoms with Gasteiger partial charge in [0.25, 0.3) is 0 Å². The first-order valence-corrected chi connectivity index (χ1v) is 8.23. The van der Waals surface area contributed by atoms with Crippen LogP contribution in [0.5, 0.6) is 5.75 Å². The standard InChI is InChI=1S/C15H19N7OS/c1-8(12-19-13(16)21-14(20-12)22(2)3)24-15-17-10-6-5-9(23-4)7-11(10)18-15/h5-8H,1-4H3,(H,17,18)(H2,16,19,20,21). The zero-order chi connectivity index (χ0) is 17.3. The molecule has 3 N–H and O–H groups in total. The monoisotopic (exact) mass is 345 g/mol. The summed E-state index contributed by atoms with van der Waals surface area (Å²) < 4.78 is 5.23. The lowest BCUT2D eigenvalue weighted by Gasteiger charge is -2.13. The van der Waals surface area contributed by atoms with Gasteiger partial charge in [-0.05, 0) is 19.1 Å². The molecule has 126 valence electrons. The van der Waals surface area contributed by atoms with Crippen molar-refractivity contribution in [1.29, 1.82) is 0 Å².